The summed E-state index contributed by atoms with van der Waals surface area (Å²) >= 11 is 6.01. The molecule has 3 rings (SSSR count). The lowest BCUT2D eigenvalue weighted by Crippen LogP contribution is -2.34. The first-order valence-corrected chi connectivity index (χ1v) is 8.90. The molecule has 2 fully saturated rings. The number of amides is 1. The minimum Gasteiger partial charge on any atom is -0.401 e. The van der Waals surface area contributed by atoms with Gasteiger partial charge in [-0.1, -0.05) is 37.1 Å². The van der Waals surface area contributed by atoms with E-state index < -0.39 is 5.91 Å². The van der Waals surface area contributed by atoms with E-state index in [0.29, 0.717) is 30.0 Å². The summed E-state index contributed by atoms with van der Waals surface area (Å²) in [6.07, 6.45) is 2.77. The Kier molecular flexibility index (Phi) is 5.42. The maximum atomic E-state index is 12.2. The summed E-state index contributed by atoms with van der Waals surface area (Å²) in [5, 5.41) is 14.0. The third-order valence-electron chi connectivity index (χ3n) is 4.57. The van der Waals surface area contributed by atoms with Crippen LogP contribution in [0, 0.1) is 5.41 Å². The third-order valence-corrected chi connectivity index (χ3v) is 5.01. The van der Waals surface area contributed by atoms with Gasteiger partial charge in [-0.2, -0.15) is 0 Å². The molecule has 1 aromatic carbocycles. The van der Waals surface area contributed by atoms with Crippen LogP contribution < -0.4 is 16.4 Å². The van der Waals surface area contributed by atoms with Gasteiger partial charge in [0.1, 0.15) is 5.71 Å². The molecule has 2 saturated heterocycles. The molecule has 2 heterocycles. The van der Waals surface area contributed by atoms with Crippen molar-refractivity contribution >= 4 is 28.9 Å². The van der Waals surface area contributed by atoms with E-state index >= 15 is 0 Å². The number of carbonyl (C=O) groups excluding carboxylic acids is 1. The number of morpholine rings is 1. The highest BCUT2D eigenvalue weighted by molar-refractivity contribution is 6.60. The topological polar surface area (TPSA) is 100 Å². The van der Waals surface area contributed by atoms with Gasteiger partial charge in [-0.15, -0.1) is 0 Å². The largest absolute Gasteiger partial charge is 0.401 e. The van der Waals surface area contributed by atoms with Crippen LogP contribution in [0.4, 0.5) is 5.69 Å². The molecule has 5 N–H and O–H groups in total. The molecule has 25 heavy (non-hydrogen) atoms. The fourth-order valence-electron chi connectivity index (χ4n) is 3.27. The van der Waals surface area contributed by atoms with Gasteiger partial charge in [-0.3, -0.25) is 10.2 Å². The van der Waals surface area contributed by atoms with Crippen molar-refractivity contribution in [3.8, 4) is 0 Å². The number of hydrogen-bond acceptors (Lipinski definition) is 5. The molecule has 1 amide bonds. The van der Waals surface area contributed by atoms with E-state index in [-0.39, 0.29) is 16.8 Å². The Balaban J connectivity index is 1.62. The summed E-state index contributed by atoms with van der Waals surface area (Å²) in [5.74, 6) is -0.574. The first-order valence-electron chi connectivity index (χ1n) is 8.52. The molecule has 0 unspecified atom stereocenters. The summed E-state index contributed by atoms with van der Waals surface area (Å²) in [7, 11) is 0. The Morgan fingerprint density at radius 2 is 2.16 bits per heavy atom. The van der Waals surface area contributed by atoms with Crippen LogP contribution >= 0.6 is 11.6 Å². The van der Waals surface area contributed by atoms with E-state index in [9.17, 15) is 4.79 Å². The SMILES string of the molecule is CCCC(N)=C(Cl)C(=N)C(=O)Nc1ccc([C@@H]2O[C@H]3CN[C@@H]2C3)cc1. The van der Waals surface area contributed by atoms with Crippen molar-refractivity contribution < 1.29 is 9.53 Å². The van der Waals surface area contributed by atoms with Crippen LogP contribution in [0.3, 0.4) is 0 Å². The van der Waals surface area contributed by atoms with Crippen LogP contribution in [0.2, 0.25) is 0 Å². The lowest BCUT2D eigenvalue weighted by Gasteiger charge is -2.23. The number of allylic oxidation sites excluding steroid dienone is 1. The van der Waals surface area contributed by atoms with Gasteiger partial charge in [0.2, 0.25) is 0 Å². The number of hydrogen-bond donors (Lipinski definition) is 4. The van der Waals surface area contributed by atoms with Crippen LogP contribution in [-0.2, 0) is 9.53 Å². The van der Waals surface area contributed by atoms with Gasteiger partial charge in [0, 0.05) is 24.0 Å². The molecule has 0 saturated carbocycles. The predicted octanol–water partition coefficient (Wildman–Crippen LogP) is 2.66. The fraction of sp³-hybridized carbons (Fsp3) is 0.444. The van der Waals surface area contributed by atoms with Crippen LogP contribution in [0.5, 0.6) is 0 Å². The van der Waals surface area contributed by atoms with Crippen LogP contribution in [0.1, 0.15) is 37.9 Å². The second-order valence-electron chi connectivity index (χ2n) is 6.47. The second kappa shape index (κ2) is 7.56. The molecule has 0 spiro atoms. The highest BCUT2D eigenvalue weighted by Gasteiger charge is 2.41. The van der Waals surface area contributed by atoms with Gasteiger partial charge in [0.15, 0.2) is 0 Å². The summed E-state index contributed by atoms with van der Waals surface area (Å²) < 4.78 is 5.96. The third kappa shape index (κ3) is 3.86. The molecule has 7 heteroatoms. The standard InChI is InChI=1S/C18H23ClN4O2/c1-2-3-13(20)15(19)16(21)18(24)23-11-6-4-10(5-7-11)17-14-8-12(25-17)9-22-14/h4-7,12,14,17,21-22H,2-3,8-9,20H2,1H3,(H,23,24)/t12-,14-,17+/m1/s1. The average molecular weight is 363 g/mol. The Bertz CT molecular complexity index is 702. The average Bonchev–Trinajstić information content (AvgIpc) is 3.24. The number of fused-ring (bicyclic) bond motifs is 2. The van der Waals surface area contributed by atoms with Gasteiger partial charge in [-0.25, -0.2) is 0 Å². The van der Waals surface area contributed by atoms with E-state index in [2.05, 4.69) is 10.6 Å². The second-order valence-corrected chi connectivity index (χ2v) is 6.85. The summed E-state index contributed by atoms with van der Waals surface area (Å²) in [5.41, 5.74) is 7.51. The molecule has 1 aromatic rings. The molecule has 0 aliphatic carbocycles. The number of nitrogens with two attached hydrogens (primary N) is 1. The normalized spacial score (nSPS) is 25.6. The zero-order valence-corrected chi connectivity index (χ0v) is 14.9. The van der Waals surface area contributed by atoms with Crippen molar-refractivity contribution in [2.45, 2.75) is 44.4 Å². The molecular weight excluding hydrogens is 340 g/mol. The first kappa shape index (κ1) is 17.9. The predicted molar refractivity (Wildman–Crippen MR) is 98.8 cm³/mol. The molecular formula is C18H23ClN4O2. The molecule has 134 valence electrons. The monoisotopic (exact) mass is 362 g/mol. The molecule has 2 aliphatic rings. The van der Waals surface area contributed by atoms with Crippen molar-refractivity contribution in [3.05, 3.63) is 40.6 Å². The zero-order chi connectivity index (χ0) is 18.0. The Morgan fingerprint density at radius 1 is 1.44 bits per heavy atom. The summed E-state index contributed by atoms with van der Waals surface area (Å²) in [4.78, 5) is 12.2. The highest BCUT2D eigenvalue weighted by atomic mass is 35.5. The Hall–Kier alpha value is -1.89. The molecule has 3 atom stereocenters. The smallest absolute Gasteiger partial charge is 0.275 e. The maximum Gasteiger partial charge on any atom is 0.275 e. The van der Waals surface area contributed by atoms with E-state index in [4.69, 9.17) is 27.5 Å². The van der Waals surface area contributed by atoms with Crippen LogP contribution in [-0.4, -0.2) is 30.3 Å². The van der Waals surface area contributed by atoms with Crippen molar-refractivity contribution in [2.75, 3.05) is 11.9 Å². The van der Waals surface area contributed by atoms with Crippen molar-refractivity contribution in [1.82, 2.24) is 5.32 Å². The lowest BCUT2D eigenvalue weighted by atomic mass is 10.0. The zero-order valence-electron chi connectivity index (χ0n) is 14.1. The molecule has 0 aromatic heterocycles. The number of nitrogens with one attached hydrogen (secondary N) is 3. The quantitative estimate of drug-likeness (QED) is 0.584. The van der Waals surface area contributed by atoms with Gasteiger partial charge in [0.25, 0.3) is 5.91 Å². The van der Waals surface area contributed by atoms with Gasteiger partial charge >= 0.3 is 0 Å². The molecule has 0 radical (unpaired) electrons. The minimum atomic E-state index is -0.574. The first-order chi connectivity index (χ1) is 12.0. The number of benzene rings is 1. The summed E-state index contributed by atoms with van der Waals surface area (Å²) in [6.45, 7) is 2.88. The van der Waals surface area contributed by atoms with Crippen LogP contribution in [0.15, 0.2) is 35.0 Å². The Labute approximate surface area is 152 Å². The Morgan fingerprint density at radius 3 is 2.72 bits per heavy atom. The van der Waals surface area contributed by atoms with E-state index in [1.165, 1.54) is 0 Å². The van der Waals surface area contributed by atoms with Crippen LogP contribution in [0.25, 0.3) is 0 Å². The maximum absolute atomic E-state index is 12.2. The van der Waals surface area contributed by atoms with Crippen molar-refractivity contribution in [3.63, 3.8) is 0 Å². The van der Waals surface area contributed by atoms with Crippen molar-refractivity contribution in [2.24, 2.45) is 5.73 Å². The number of rotatable bonds is 6. The van der Waals surface area contributed by atoms with E-state index in [1.807, 2.05) is 31.2 Å². The van der Waals surface area contributed by atoms with Gasteiger partial charge < -0.3 is 21.1 Å². The number of ether oxygens (including phenoxy) is 1. The van der Waals surface area contributed by atoms with E-state index in [1.54, 1.807) is 0 Å². The molecule has 2 bridgehead atoms. The number of carbonyl (C=O) groups is 1. The fourth-order valence-corrected chi connectivity index (χ4v) is 3.45. The molecule has 2 aliphatic heterocycles. The lowest BCUT2D eigenvalue weighted by molar-refractivity contribution is -0.110. The highest BCUT2D eigenvalue weighted by Crippen LogP contribution is 2.37. The van der Waals surface area contributed by atoms with Crippen molar-refractivity contribution in [1.29, 1.82) is 5.41 Å². The number of anilines is 1. The molecule has 6 nitrogen and oxygen atoms in total. The summed E-state index contributed by atoms with van der Waals surface area (Å²) in [6, 6.07) is 7.86. The van der Waals surface area contributed by atoms with Gasteiger partial charge in [0.05, 0.1) is 17.2 Å². The minimum absolute atomic E-state index is 0.0115. The van der Waals surface area contributed by atoms with E-state index in [0.717, 1.165) is 24.9 Å². The number of halogens is 1. The van der Waals surface area contributed by atoms with Gasteiger partial charge in [-0.05, 0) is 30.5 Å².